The molecule has 218 valence electrons. The summed E-state index contributed by atoms with van der Waals surface area (Å²) in [6.45, 7) is 4.00. The highest BCUT2D eigenvalue weighted by atomic mass is 16.3. The van der Waals surface area contributed by atoms with Gasteiger partial charge in [-0.25, -0.2) is 0 Å². The predicted octanol–water partition coefficient (Wildman–Crippen LogP) is 2.09. The van der Waals surface area contributed by atoms with Gasteiger partial charge in [0.25, 0.3) is 0 Å². The fourth-order valence-electron chi connectivity index (χ4n) is 7.91. The van der Waals surface area contributed by atoms with Crippen molar-refractivity contribution in [2.75, 3.05) is 14.1 Å². The van der Waals surface area contributed by atoms with Crippen molar-refractivity contribution < 1.29 is 34.2 Å². The lowest BCUT2D eigenvalue weighted by atomic mass is 9.52. The van der Waals surface area contributed by atoms with Crippen molar-refractivity contribution in [1.82, 2.24) is 4.90 Å². The quantitative estimate of drug-likeness (QED) is 0.472. The number of rotatable bonds is 4. The number of carbonyl (C=O) groups is 5. The van der Waals surface area contributed by atoms with Gasteiger partial charge >= 0.3 is 0 Å². The minimum Gasteiger partial charge on any atom is -0.507 e. The summed E-state index contributed by atoms with van der Waals surface area (Å²) in [7, 11) is 3.14. The van der Waals surface area contributed by atoms with Gasteiger partial charge in [0.05, 0.1) is 17.5 Å². The molecule has 0 radical (unpaired) electrons. The first kappa shape index (κ1) is 28.2. The van der Waals surface area contributed by atoms with Gasteiger partial charge in [0, 0.05) is 11.5 Å². The predicted molar refractivity (Wildman–Crippen MR) is 153 cm³/mol. The Bertz CT molecular complexity index is 1640. The molecule has 0 spiro atoms. The first-order valence-corrected chi connectivity index (χ1v) is 14.3. The maximum Gasteiger partial charge on any atom is 0.235 e. The second-order valence-corrected chi connectivity index (χ2v) is 12.7. The highest BCUT2D eigenvalue weighted by Crippen LogP contribution is 2.52. The Balaban J connectivity index is 1.49. The minimum atomic E-state index is -2.74. The Morgan fingerprint density at radius 1 is 1.10 bits per heavy atom. The largest absolute Gasteiger partial charge is 0.507 e. The average molecular weight is 571 g/mol. The number of phenols is 1. The molecule has 42 heavy (non-hydrogen) atoms. The summed E-state index contributed by atoms with van der Waals surface area (Å²) in [5.41, 5.74) is 7.73. The number of phenolic OH excluding ortho intramolecular Hbond substituents is 1. The Labute approximate surface area is 243 Å². The number of Topliss-reactive ketones (excluding diaryl/α,β-unsaturated/α-hetero) is 4. The average Bonchev–Trinajstić information content (AvgIpc) is 3.34. The van der Waals surface area contributed by atoms with E-state index in [2.05, 4.69) is 0 Å². The van der Waals surface area contributed by atoms with Crippen LogP contribution in [-0.2, 0) is 32.0 Å². The van der Waals surface area contributed by atoms with Crippen LogP contribution in [0.3, 0.4) is 0 Å². The molecule has 6 rings (SSSR count). The van der Waals surface area contributed by atoms with Gasteiger partial charge in [0.15, 0.2) is 34.7 Å². The molecule has 0 aliphatic heterocycles. The van der Waals surface area contributed by atoms with E-state index in [4.69, 9.17) is 5.73 Å². The molecule has 0 aromatic heterocycles. The molecule has 2 saturated carbocycles. The number of aromatic hydroxyl groups is 1. The van der Waals surface area contributed by atoms with Crippen molar-refractivity contribution >= 4 is 40.7 Å². The summed E-state index contributed by atoms with van der Waals surface area (Å²) in [6, 6.07) is 8.69. The number of allylic oxidation sites excluding steroid dienone is 1. The first-order valence-electron chi connectivity index (χ1n) is 14.3. The molecule has 0 bridgehead atoms. The second kappa shape index (κ2) is 9.54. The highest BCUT2D eigenvalue weighted by molar-refractivity contribution is 6.32. The summed E-state index contributed by atoms with van der Waals surface area (Å²) in [6.07, 6.45) is 2.85. The molecule has 2 fully saturated rings. The summed E-state index contributed by atoms with van der Waals surface area (Å²) >= 11 is 0. The zero-order valence-electron chi connectivity index (χ0n) is 24.0. The maximum absolute atomic E-state index is 14.3. The summed E-state index contributed by atoms with van der Waals surface area (Å²) in [5, 5.41) is 23.4. The molecule has 1 amide bonds. The van der Waals surface area contributed by atoms with Crippen molar-refractivity contribution in [3.05, 3.63) is 63.7 Å². The van der Waals surface area contributed by atoms with E-state index >= 15 is 0 Å². The lowest BCUT2D eigenvalue weighted by Crippen LogP contribution is -2.74. The fourth-order valence-corrected chi connectivity index (χ4v) is 7.91. The van der Waals surface area contributed by atoms with Gasteiger partial charge in [-0.05, 0) is 79.1 Å². The third-order valence-corrected chi connectivity index (χ3v) is 9.83. The van der Waals surface area contributed by atoms with Crippen LogP contribution in [0.2, 0.25) is 0 Å². The standard InChI is InChI=1S/C33H34N2O7/c1-14(2)19-13-20(17-9-15-7-5-6-8-16(15)10-17)27(36)24-21(19)11-18-12-22-26(35(3)4)29(38)25(32(34)41)31(40)33(22,42)30(39)23(18)28(24)37/h5-9,13-14,18,22-23,25-26,36,42H,10-12H2,1-4H3,(H2,34,41)/t18-,22-,23?,25?,26-,33-/m0/s1. The van der Waals surface area contributed by atoms with Crippen LogP contribution in [0.1, 0.15) is 64.4 Å². The van der Waals surface area contributed by atoms with Gasteiger partial charge in [0.2, 0.25) is 5.91 Å². The molecule has 2 aromatic rings. The number of amides is 1. The number of aliphatic hydroxyl groups is 1. The van der Waals surface area contributed by atoms with E-state index in [1.165, 1.54) is 4.90 Å². The molecule has 9 nitrogen and oxygen atoms in total. The fraction of sp³-hybridized carbons (Fsp3) is 0.424. The van der Waals surface area contributed by atoms with Crippen LogP contribution in [0.25, 0.3) is 11.6 Å². The van der Waals surface area contributed by atoms with Gasteiger partial charge in [0.1, 0.15) is 5.75 Å². The van der Waals surface area contributed by atoms with Crippen LogP contribution in [0.15, 0.2) is 30.3 Å². The van der Waals surface area contributed by atoms with E-state index in [0.717, 1.165) is 22.3 Å². The number of benzene rings is 2. The molecular formula is C33H34N2O7. The number of nitrogens with two attached hydrogens (primary N) is 1. The number of hydrogen-bond donors (Lipinski definition) is 3. The summed E-state index contributed by atoms with van der Waals surface area (Å²) in [4.78, 5) is 68.9. The van der Waals surface area contributed by atoms with E-state index in [-0.39, 0.29) is 30.1 Å². The van der Waals surface area contributed by atoms with Gasteiger partial charge in [-0.2, -0.15) is 0 Å². The minimum absolute atomic E-state index is 0.00765. The Morgan fingerprint density at radius 2 is 1.79 bits per heavy atom. The number of nitrogens with zero attached hydrogens (tertiary/aromatic N) is 1. The van der Waals surface area contributed by atoms with Gasteiger partial charge in [-0.3, -0.25) is 28.9 Å². The Hall–Kier alpha value is -3.95. The lowest BCUT2D eigenvalue weighted by Gasteiger charge is -2.52. The molecule has 0 saturated heterocycles. The second-order valence-electron chi connectivity index (χ2n) is 12.7. The van der Waals surface area contributed by atoms with Crippen LogP contribution in [0.4, 0.5) is 0 Å². The molecule has 2 unspecified atom stereocenters. The molecule has 2 aromatic carbocycles. The number of fused-ring (bicyclic) bond motifs is 4. The van der Waals surface area contributed by atoms with Crippen LogP contribution in [0.5, 0.6) is 5.75 Å². The molecule has 0 heterocycles. The van der Waals surface area contributed by atoms with Crippen LogP contribution in [-0.4, -0.2) is 69.9 Å². The molecule has 4 N–H and O–H groups in total. The van der Waals surface area contributed by atoms with Crippen molar-refractivity contribution in [2.45, 2.75) is 50.7 Å². The number of carbonyl (C=O) groups excluding carboxylic acids is 5. The Kier molecular flexibility index (Phi) is 6.40. The summed E-state index contributed by atoms with van der Waals surface area (Å²) in [5.74, 6) is -10.3. The zero-order valence-corrected chi connectivity index (χ0v) is 24.0. The summed E-state index contributed by atoms with van der Waals surface area (Å²) < 4.78 is 0. The van der Waals surface area contributed by atoms with Crippen LogP contribution in [0, 0.1) is 23.7 Å². The number of ketones is 4. The van der Waals surface area contributed by atoms with Gasteiger partial charge < -0.3 is 15.9 Å². The highest BCUT2D eigenvalue weighted by Gasteiger charge is 2.69. The smallest absolute Gasteiger partial charge is 0.235 e. The van der Waals surface area contributed by atoms with Crippen LogP contribution < -0.4 is 5.73 Å². The van der Waals surface area contributed by atoms with Gasteiger partial charge in [-0.15, -0.1) is 0 Å². The normalized spacial score (nSPS) is 30.2. The van der Waals surface area contributed by atoms with E-state index < -0.39 is 64.4 Å². The van der Waals surface area contributed by atoms with E-state index in [9.17, 15) is 34.2 Å². The number of likely N-dealkylation sites (N-methyl/N-ethyl adjacent to an activating group) is 1. The van der Waals surface area contributed by atoms with Crippen molar-refractivity contribution in [2.24, 2.45) is 29.4 Å². The van der Waals surface area contributed by atoms with Gasteiger partial charge in [-0.1, -0.05) is 44.2 Å². The Morgan fingerprint density at radius 3 is 2.40 bits per heavy atom. The molecule has 4 aliphatic rings. The number of hydrogen-bond acceptors (Lipinski definition) is 8. The SMILES string of the molecule is CC(C)c1cc(C2=Cc3ccccc3C2)c(O)c2c1C[C@H]1C[C@H]3[C@H](N(C)C)C(=O)C(C(N)=O)C(=O)[C@@]3(O)C(=O)C1C2=O. The van der Waals surface area contributed by atoms with E-state index in [1.807, 2.05) is 50.3 Å². The molecule has 4 aliphatic carbocycles. The van der Waals surface area contributed by atoms with E-state index in [1.54, 1.807) is 14.1 Å². The molecule has 6 atom stereocenters. The third-order valence-electron chi connectivity index (χ3n) is 9.83. The lowest BCUT2D eigenvalue weighted by molar-refractivity contribution is -0.181. The first-order chi connectivity index (χ1) is 19.8. The maximum atomic E-state index is 14.3. The number of primary amides is 1. The van der Waals surface area contributed by atoms with Crippen molar-refractivity contribution in [1.29, 1.82) is 0 Å². The van der Waals surface area contributed by atoms with Crippen molar-refractivity contribution in [3.8, 4) is 5.75 Å². The van der Waals surface area contributed by atoms with E-state index in [0.29, 0.717) is 17.5 Å². The van der Waals surface area contributed by atoms with Crippen molar-refractivity contribution in [3.63, 3.8) is 0 Å². The topological polar surface area (TPSA) is 155 Å². The van der Waals surface area contributed by atoms with Crippen LogP contribution >= 0.6 is 0 Å². The molecule has 9 heteroatoms. The third kappa shape index (κ3) is 3.72. The molecular weight excluding hydrogens is 536 g/mol. The zero-order chi connectivity index (χ0) is 30.4. The monoisotopic (exact) mass is 570 g/mol.